The van der Waals surface area contributed by atoms with E-state index in [2.05, 4.69) is 0 Å². The van der Waals surface area contributed by atoms with Gasteiger partial charge in [0.15, 0.2) is 19.7 Å². The number of ketones is 2. The van der Waals surface area contributed by atoms with Crippen LogP contribution >= 0.6 is 0 Å². The number of carbonyl (C=O) groups is 2. The first-order valence-electron chi connectivity index (χ1n) is 11.9. The average Bonchev–Trinajstić information content (AvgIpc) is 2.87. The molecule has 0 spiro atoms. The molecule has 2 aliphatic rings. The highest BCUT2D eigenvalue weighted by molar-refractivity contribution is 7.91. The van der Waals surface area contributed by atoms with Crippen molar-refractivity contribution in [2.75, 3.05) is 25.7 Å². The summed E-state index contributed by atoms with van der Waals surface area (Å²) in [4.78, 5) is 24.4. The van der Waals surface area contributed by atoms with Gasteiger partial charge in [0, 0.05) is 24.7 Å². The van der Waals surface area contributed by atoms with Crippen molar-refractivity contribution >= 4 is 31.2 Å². The predicted octanol–water partition coefficient (Wildman–Crippen LogP) is 3.87. The molecule has 0 amide bonds. The van der Waals surface area contributed by atoms with Gasteiger partial charge in [0.2, 0.25) is 0 Å². The van der Waals surface area contributed by atoms with Crippen molar-refractivity contribution < 1.29 is 35.9 Å². The van der Waals surface area contributed by atoms with E-state index in [0.29, 0.717) is 48.3 Å². The van der Waals surface area contributed by atoms with Crippen LogP contribution in [0.4, 0.5) is 0 Å². The van der Waals surface area contributed by atoms with E-state index in [-0.39, 0.29) is 44.7 Å². The molecule has 0 bridgehead atoms. The molecule has 0 unspecified atom stereocenters. The van der Waals surface area contributed by atoms with Crippen LogP contribution in [-0.2, 0) is 29.3 Å². The Hall–Kier alpha value is -2.72. The highest BCUT2D eigenvalue weighted by Crippen LogP contribution is 2.38. The Morgan fingerprint density at radius 3 is 1.39 bits per heavy atom. The fourth-order valence-electron chi connectivity index (χ4n) is 4.66. The first kappa shape index (κ1) is 27.9. The molecule has 0 aliphatic carbocycles. The van der Waals surface area contributed by atoms with Crippen molar-refractivity contribution in [1.82, 2.24) is 0 Å². The van der Waals surface area contributed by atoms with E-state index in [1.54, 1.807) is 50.2 Å². The molecular formula is C26H32O8S2. The Morgan fingerprint density at radius 1 is 0.722 bits per heavy atom. The summed E-state index contributed by atoms with van der Waals surface area (Å²) < 4.78 is 58.1. The average molecular weight is 537 g/mol. The molecule has 10 heteroatoms. The molecule has 2 aromatic rings. The molecule has 0 saturated heterocycles. The van der Waals surface area contributed by atoms with Gasteiger partial charge in [0.25, 0.3) is 0 Å². The minimum Gasteiger partial charge on any atom is -0.497 e. The third-order valence-corrected chi connectivity index (χ3v) is 10.3. The molecule has 2 aromatic carbocycles. The normalized spacial score (nSPS) is 21.1. The second-order valence-electron chi connectivity index (χ2n) is 8.77. The maximum atomic E-state index is 12.0. The molecule has 2 aliphatic heterocycles. The number of sulfone groups is 2. The van der Waals surface area contributed by atoms with Crippen LogP contribution in [0.25, 0.3) is 0 Å². The SMILES string of the molecule is CCC(=O)[C@@H]1CCS(=O)(=O)c2ccc(OC)cc21.CCC(=O)[C@H]1CCS(=O)(=O)c2ccc(OC)cc21. The van der Waals surface area contributed by atoms with Crippen molar-refractivity contribution in [2.45, 2.75) is 61.2 Å². The van der Waals surface area contributed by atoms with E-state index >= 15 is 0 Å². The maximum Gasteiger partial charge on any atom is 0.178 e. The summed E-state index contributed by atoms with van der Waals surface area (Å²) in [5.41, 5.74) is 1.18. The number of Topliss-reactive ketones (excluding diaryl/α,β-unsaturated/α-hetero) is 2. The van der Waals surface area contributed by atoms with Crippen LogP contribution in [-0.4, -0.2) is 54.1 Å². The Balaban J connectivity index is 0.000000201. The van der Waals surface area contributed by atoms with Gasteiger partial charge in [-0.25, -0.2) is 16.8 Å². The van der Waals surface area contributed by atoms with Crippen molar-refractivity contribution in [2.24, 2.45) is 0 Å². The van der Waals surface area contributed by atoms with Crippen LogP contribution in [0.5, 0.6) is 11.5 Å². The van der Waals surface area contributed by atoms with Crippen LogP contribution in [0.2, 0.25) is 0 Å². The van der Waals surface area contributed by atoms with Gasteiger partial charge < -0.3 is 9.47 Å². The van der Waals surface area contributed by atoms with E-state index in [4.69, 9.17) is 9.47 Å². The minimum atomic E-state index is -3.25. The number of hydrogen-bond donors (Lipinski definition) is 0. The van der Waals surface area contributed by atoms with Crippen molar-refractivity contribution in [1.29, 1.82) is 0 Å². The molecule has 196 valence electrons. The first-order valence-corrected chi connectivity index (χ1v) is 15.2. The van der Waals surface area contributed by atoms with E-state index < -0.39 is 19.7 Å². The first-order chi connectivity index (χ1) is 17.0. The lowest BCUT2D eigenvalue weighted by Gasteiger charge is -2.24. The van der Waals surface area contributed by atoms with Crippen LogP contribution in [0.3, 0.4) is 0 Å². The molecule has 4 rings (SSSR count). The molecule has 8 nitrogen and oxygen atoms in total. The lowest BCUT2D eigenvalue weighted by Crippen LogP contribution is -2.24. The quantitative estimate of drug-likeness (QED) is 0.546. The third-order valence-electron chi connectivity index (χ3n) is 6.68. The molecule has 36 heavy (non-hydrogen) atoms. The number of methoxy groups -OCH3 is 2. The fourth-order valence-corrected chi connectivity index (χ4v) is 7.86. The maximum absolute atomic E-state index is 12.0. The van der Waals surface area contributed by atoms with E-state index in [1.807, 2.05) is 0 Å². The van der Waals surface area contributed by atoms with Gasteiger partial charge in [-0.1, -0.05) is 13.8 Å². The van der Waals surface area contributed by atoms with Gasteiger partial charge in [-0.15, -0.1) is 0 Å². The van der Waals surface area contributed by atoms with Gasteiger partial charge >= 0.3 is 0 Å². The standard InChI is InChI=1S/2C13H16O4S/c2*1-3-12(14)10-6-7-18(15,16)13-5-4-9(17-2)8-11(10)13/h2*4-5,8,10H,3,6-7H2,1-2H3/t2*10-/m10/s1. The van der Waals surface area contributed by atoms with Crippen LogP contribution in [0.1, 0.15) is 62.5 Å². The monoisotopic (exact) mass is 536 g/mol. The molecule has 0 fully saturated rings. The highest BCUT2D eigenvalue weighted by Gasteiger charge is 2.34. The molecular weight excluding hydrogens is 504 g/mol. The summed E-state index contributed by atoms with van der Waals surface area (Å²) in [6.45, 7) is 3.59. The van der Waals surface area contributed by atoms with Gasteiger partial charge in [-0.05, 0) is 60.4 Å². The summed E-state index contributed by atoms with van der Waals surface area (Å²) >= 11 is 0. The molecule has 0 aromatic heterocycles. The van der Waals surface area contributed by atoms with Crippen molar-refractivity contribution in [3.05, 3.63) is 47.5 Å². The molecule has 0 N–H and O–H groups in total. The topological polar surface area (TPSA) is 121 Å². The van der Waals surface area contributed by atoms with Gasteiger partial charge in [0.05, 0.1) is 35.5 Å². The smallest absolute Gasteiger partial charge is 0.178 e. The second-order valence-corrected chi connectivity index (χ2v) is 12.9. The number of fused-ring (bicyclic) bond motifs is 2. The van der Waals surface area contributed by atoms with Gasteiger partial charge in [-0.3, -0.25) is 9.59 Å². The number of rotatable bonds is 6. The van der Waals surface area contributed by atoms with E-state index in [0.717, 1.165) is 0 Å². The molecule has 0 radical (unpaired) electrons. The molecule has 0 saturated carbocycles. The summed E-state index contributed by atoms with van der Waals surface area (Å²) in [6, 6.07) is 9.66. The van der Waals surface area contributed by atoms with Crippen LogP contribution in [0.15, 0.2) is 46.2 Å². The Bertz CT molecular complexity index is 1250. The van der Waals surface area contributed by atoms with Crippen molar-refractivity contribution in [3.63, 3.8) is 0 Å². The van der Waals surface area contributed by atoms with Crippen molar-refractivity contribution in [3.8, 4) is 11.5 Å². The Labute approximate surface area is 212 Å². The predicted molar refractivity (Wildman–Crippen MR) is 135 cm³/mol. The Morgan fingerprint density at radius 2 is 1.08 bits per heavy atom. The van der Waals surface area contributed by atoms with Gasteiger partial charge in [-0.2, -0.15) is 0 Å². The zero-order valence-electron chi connectivity index (χ0n) is 20.9. The second kappa shape index (κ2) is 11.1. The number of ether oxygens (including phenoxy) is 2. The summed E-state index contributed by atoms with van der Waals surface area (Å²) in [5.74, 6) is 0.788. The molecule has 2 atom stereocenters. The molecule has 2 heterocycles. The fraction of sp³-hybridized carbons (Fsp3) is 0.462. The van der Waals surface area contributed by atoms with Gasteiger partial charge in [0.1, 0.15) is 23.1 Å². The Kier molecular flexibility index (Phi) is 8.61. The lowest BCUT2D eigenvalue weighted by molar-refractivity contribution is -0.121. The number of benzene rings is 2. The lowest BCUT2D eigenvalue weighted by atomic mass is 9.90. The zero-order valence-corrected chi connectivity index (χ0v) is 22.6. The largest absolute Gasteiger partial charge is 0.497 e. The summed E-state index contributed by atoms with van der Waals surface area (Å²) in [7, 11) is -3.45. The minimum absolute atomic E-state index is 0.0444. The van der Waals surface area contributed by atoms with Crippen LogP contribution in [0, 0.1) is 0 Å². The highest BCUT2D eigenvalue weighted by atomic mass is 32.2. The number of hydrogen-bond acceptors (Lipinski definition) is 8. The van der Waals surface area contributed by atoms with Crippen LogP contribution < -0.4 is 9.47 Å². The third kappa shape index (κ3) is 5.64. The number of carbonyl (C=O) groups excluding carboxylic acids is 2. The summed E-state index contributed by atoms with van der Waals surface area (Å²) in [6.07, 6.45) is 1.58. The zero-order chi connectivity index (χ0) is 26.7. The summed E-state index contributed by atoms with van der Waals surface area (Å²) in [5, 5.41) is 0. The van der Waals surface area contributed by atoms with E-state index in [9.17, 15) is 26.4 Å². The van der Waals surface area contributed by atoms with E-state index in [1.165, 1.54) is 14.2 Å².